The molecule has 1 N–H and O–H groups in total. The van der Waals surface area contributed by atoms with Gasteiger partial charge in [0.2, 0.25) is 0 Å². The van der Waals surface area contributed by atoms with Gasteiger partial charge >= 0.3 is 5.63 Å². The molecule has 148 valence electrons. The molecule has 1 aromatic carbocycles. The zero-order valence-corrected chi connectivity index (χ0v) is 19.0. The molecule has 0 aliphatic carbocycles. The van der Waals surface area contributed by atoms with Crippen molar-refractivity contribution in [1.29, 1.82) is 0 Å². The van der Waals surface area contributed by atoms with Crippen molar-refractivity contribution in [2.45, 2.75) is 0 Å². The molecule has 0 spiro atoms. The second kappa shape index (κ2) is 7.50. The maximum absolute atomic E-state index is 13.1. The van der Waals surface area contributed by atoms with Crippen molar-refractivity contribution in [3.8, 4) is 10.6 Å². The number of hydrogen-bond acceptors (Lipinski definition) is 5. The summed E-state index contributed by atoms with van der Waals surface area (Å²) >= 11 is 8.31. The van der Waals surface area contributed by atoms with E-state index >= 15 is 0 Å². The van der Waals surface area contributed by atoms with Crippen molar-refractivity contribution >= 4 is 71.5 Å². The van der Waals surface area contributed by atoms with Crippen LogP contribution in [0.15, 0.2) is 78.3 Å². The number of benzene rings is 1. The summed E-state index contributed by atoms with van der Waals surface area (Å²) in [4.78, 5) is 31.2. The smallest absolute Gasteiger partial charge is 0.349 e. The Bertz CT molecular complexity index is 1490. The van der Waals surface area contributed by atoms with E-state index in [4.69, 9.17) is 4.42 Å². The minimum Gasteiger partial charge on any atom is -0.421 e. The van der Waals surface area contributed by atoms with Crippen LogP contribution in [-0.2, 0) is 0 Å². The minimum absolute atomic E-state index is 0.0875. The van der Waals surface area contributed by atoms with E-state index in [9.17, 15) is 9.59 Å². The van der Waals surface area contributed by atoms with Gasteiger partial charge in [0.25, 0.3) is 5.91 Å². The van der Waals surface area contributed by atoms with Gasteiger partial charge in [-0.15, -0.1) is 11.3 Å². The van der Waals surface area contributed by atoms with Gasteiger partial charge in [-0.05, 0) is 57.7 Å². The normalized spacial score (nSPS) is 11.3. The van der Waals surface area contributed by atoms with E-state index in [0.717, 1.165) is 9.35 Å². The van der Waals surface area contributed by atoms with Crippen LogP contribution in [0.25, 0.3) is 27.2 Å². The van der Waals surface area contributed by atoms with Crippen molar-refractivity contribution in [1.82, 2.24) is 9.38 Å². The lowest BCUT2D eigenvalue weighted by Crippen LogP contribution is -2.21. The van der Waals surface area contributed by atoms with E-state index in [1.54, 1.807) is 16.5 Å². The first-order valence-corrected chi connectivity index (χ1v) is 11.2. The summed E-state index contributed by atoms with van der Waals surface area (Å²) < 4.78 is 8.60. The van der Waals surface area contributed by atoms with Crippen LogP contribution in [0, 0.1) is 0 Å². The zero-order chi connectivity index (χ0) is 20.8. The Kier molecular flexibility index (Phi) is 4.80. The third kappa shape index (κ3) is 3.28. The Labute approximate surface area is 190 Å². The molecule has 5 rings (SSSR count). The van der Waals surface area contributed by atoms with Gasteiger partial charge in [-0.1, -0.05) is 28.1 Å². The van der Waals surface area contributed by atoms with Crippen molar-refractivity contribution in [3.63, 3.8) is 0 Å². The van der Waals surface area contributed by atoms with E-state index < -0.39 is 11.5 Å². The third-order valence-corrected chi connectivity index (χ3v) is 6.44. The second-order valence-electron chi connectivity index (χ2n) is 6.42. The Morgan fingerprint density at radius 3 is 2.80 bits per heavy atom. The summed E-state index contributed by atoms with van der Waals surface area (Å²) in [6.45, 7) is 0. The van der Waals surface area contributed by atoms with Gasteiger partial charge < -0.3 is 9.73 Å². The fraction of sp³-hybridized carbons (Fsp3) is 0. The van der Waals surface area contributed by atoms with Crippen molar-refractivity contribution in [2.24, 2.45) is 0 Å². The second-order valence-corrected chi connectivity index (χ2v) is 9.14. The predicted molar refractivity (Wildman–Crippen MR) is 124 cm³/mol. The topological polar surface area (TPSA) is 76.6 Å². The number of amides is 1. The summed E-state index contributed by atoms with van der Waals surface area (Å²) in [5.41, 5.74) is 0.911. The van der Waals surface area contributed by atoms with E-state index in [-0.39, 0.29) is 5.56 Å². The van der Waals surface area contributed by atoms with Crippen LogP contribution in [0.1, 0.15) is 10.4 Å². The number of fused-ring (bicyclic) bond motifs is 2. The number of nitrogens with one attached hydrogen (secondary N) is 1. The molecular formula is C21H11Br2N3O3S. The monoisotopic (exact) mass is 543 g/mol. The maximum Gasteiger partial charge on any atom is 0.349 e. The molecule has 0 fully saturated rings. The van der Waals surface area contributed by atoms with Gasteiger partial charge in [-0.25, -0.2) is 9.78 Å². The molecule has 5 aromatic rings. The Hall–Kier alpha value is -2.75. The minimum atomic E-state index is -0.713. The van der Waals surface area contributed by atoms with Crippen molar-refractivity contribution < 1.29 is 9.21 Å². The van der Waals surface area contributed by atoms with Crippen LogP contribution in [0.2, 0.25) is 0 Å². The third-order valence-electron chi connectivity index (χ3n) is 4.51. The van der Waals surface area contributed by atoms with Crippen LogP contribution in [0.3, 0.4) is 0 Å². The number of nitrogens with zero attached hydrogens (tertiary/aromatic N) is 2. The fourth-order valence-electron chi connectivity index (χ4n) is 3.19. The Morgan fingerprint density at radius 2 is 2.00 bits per heavy atom. The van der Waals surface area contributed by atoms with Gasteiger partial charge in [0.15, 0.2) is 5.58 Å². The molecule has 4 heterocycles. The molecule has 4 aromatic heterocycles. The van der Waals surface area contributed by atoms with Gasteiger partial charge in [0.05, 0.1) is 9.35 Å². The molecule has 0 aliphatic heterocycles. The highest BCUT2D eigenvalue weighted by Crippen LogP contribution is 2.32. The number of anilines is 1. The molecule has 9 heteroatoms. The zero-order valence-electron chi connectivity index (χ0n) is 15.1. The molecular weight excluding hydrogens is 534 g/mol. The first kappa shape index (κ1) is 19.2. The number of pyridine rings is 1. The summed E-state index contributed by atoms with van der Waals surface area (Å²) in [6, 6.07) is 14.5. The Balaban J connectivity index is 1.63. The van der Waals surface area contributed by atoms with Gasteiger partial charge in [0, 0.05) is 16.1 Å². The number of aromatic nitrogens is 2. The highest BCUT2D eigenvalue weighted by Gasteiger charge is 2.21. The predicted octanol–water partition coefficient (Wildman–Crippen LogP) is 5.95. The number of halogens is 2. The first-order chi connectivity index (χ1) is 14.5. The number of hydrogen-bond donors (Lipinski definition) is 1. The number of imidazole rings is 1. The number of carbonyl (C=O) groups is 1. The molecule has 0 saturated heterocycles. The van der Waals surface area contributed by atoms with E-state index in [1.165, 1.54) is 17.4 Å². The molecule has 0 atom stereocenters. The summed E-state index contributed by atoms with van der Waals surface area (Å²) in [5, 5.41) is 5.42. The average molecular weight is 545 g/mol. The molecule has 30 heavy (non-hydrogen) atoms. The first-order valence-electron chi connectivity index (χ1n) is 8.76. The Morgan fingerprint density at radius 1 is 1.13 bits per heavy atom. The van der Waals surface area contributed by atoms with Crippen molar-refractivity contribution in [3.05, 3.63) is 85.0 Å². The fourth-order valence-corrected chi connectivity index (χ4v) is 5.24. The molecule has 0 radical (unpaired) electrons. The van der Waals surface area contributed by atoms with E-state index in [0.29, 0.717) is 32.6 Å². The van der Waals surface area contributed by atoms with Crippen LogP contribution in [0.4, 0.5) is 5.82 Å². The standard InChI is InChI=1S/C21H11Br2N3O3S/c22-12-8-11-9-13(21(28)29-18(11)14(23)10-12)20(27)25-19-17(15-4-3-7-30-15)24-16-5-1-2-6-26(16)19/h1-10H,(H,25,27). The molecule has 0 bridgehead atoms. The lowest BCUT2D eigenvalue weighted by molar-refractivity contribution is 0.102. The van der Waals surface area contributed by atoms with Gasteiger partial charge in [0.1, 0.15) is 22.7 Å². The molecule has 1 amide bonds. The highest BCUT2D eigenvalue weighted by atomic mass is 79.9. The van der Waals surface area contributed by atoms with Crippen LogP contribution in [0.5, 0.6) is 0 Å². The summed E-state index contributed by atoms with van der Waals surface area (Å²) in [7, 11) is 0. The molecule has 0 saturated carbocycles. The number of rotatable bonds is 3. The highest BCUT2D eigenvalue weighted by molar-refractivity contribution is 9.11. The average Bonchev–Trinajstić information content (AvgIpc) is 3.36. The van der Waals surface area contributed by atoms with Crippen LogP contribution >= 0.6 is 43.2 Å². The number of thiophene rings is 1. The molecule has 0 aliphatic rings. The molecule has 6 nitrogen and oxygen atoms in total. The lowest BCUT2D eigenvalue weighted by atomic mass is 10.2. The maximum atomic E-state index is 13.1. The summed E-state index contributed by atoms with van der Waals surface area (Å²) in [5.74, 6) is -0.0711. The van der Waals surface area contributed by atoms with E-state index in [2.05, 4.69) is 42.2 Å². The quantitative estimate of drug-likeness (QED) is 0.285. The SMILES string of the molecule is O=C(Nc1c(-c2cccs2)nc2ccccn12)c1cc2cc(Br)cc(Br)c2oc1=O. The number of carbonyl (C=O) groups excluding carboxylic acids is 1. The van der Waals surface area contributed by atoms with E-state index in [1.807, 2.05) is 41.9 Å². The van der Waals surface area contributed by atoms with Crippen LogP contribution < -0.4 is 10.9 Å². The summed E-state index contributed by atoms with van der Waals surface area (Å²) in [6.07, 6.45) is 1.81. The largest absolute Gasteiger partial charge is 0.421 e. The van der Waals surface area contributed by atoms with Crippen molar-refractivity contribution in [2.75, 3.05) is 5.32 Å². The molecule has 0 unspecified atom stereocenters. The van der Waals surface area contributed by atoms with Crippen LogP contribution in [-0.4, -0.2) is 15.3 Å². The van der Waals surface area contributed by atoms with Gasteiger partial charge in [-0.3, -0.25) is 9.20 Å². The lowest BCUT2D eigenvalue weighted by Gasteiger charge is -2.08. The van der Waals surface area contributed by atoms with Gasteiger partial charge in [-0.2, -0.15) is 0 Å².